The average molecular weight is 299 g/mol. The molecular formula is C10H7BrN2O4. The Hall–Kier alpha value is -1.89. The Labute approximate surface area is 103 Å². The third-order valence-electron chi connectivity index (χ3n) is 2.16. The molecule has 7 heteroatoms. The molecule has 0 fully saturated rings. The second-order valence-electron chi connectivity index (χ2n) is 3.21. The fourth-order valence-electron chi connectivity index (χ4n) is 1.42. The normalized spacial score (nSPS) is 10.4. The van der Waals surface area contributed by atoms with E-state index >= 15 is 0 Å². The number of rotatable bonds is 2. The number of alkyl halides is 1. The highest BCUT2D eigenvalue weighted by Gasteiger charge is 2.09. The van der Waals surface area contributed by atoms with Crippen molar-refractivity contribution in [2.75, 3.05) is 5.52 Å². The third-order valence-corrected chi connectivity index (χ3v) is 2.39. The van der Waals surface area contributed by atoms with Crippen LogP contribution in [0.2, 0.25) is 0 Å². The first-order chi connectivity index (χ1) is 8.11. The van der Waals surface area contributed by atoms with Gasteiger partial charge in [0, 0.05) is 0 Å². The predicted molar refractivity (Wildman–Crippen MR) is 64.4 cm³/mol. The lowest BCUT2D eigenvalue weighted by Gasteiger charge is -2.02. The Balaban J connectivity index is 2.62. The summed E-state index contributed by atoms with van der Waals surface area (Å²) >= 11 is 2.96. The number of hydrogen-bond donors (Lipinski definition) is 2. The fourth-order valence-corrected chi connectivity index (χ4v) is 1.63. The van der Waals surface area contributed by atoms with Crippen LogP contribution in [0, 0.1) is 0 Å². The molecule has 0 aliphatic rings. The zero-order valence-corrected chi connectivity index (χ0v) is 10.0. The quantitative estimate of drug-likeness (QED) is 0.631. The molecule has 6 nitrogen and oxygen atoms in total. The molecule has 2 N–H and O–H groups in total. The Kier molecular flexibility index (Phi) is 3.10. The summed E-state index contributed by atoms with van der Waals surface area (Å²) in [7, 11) is 0. The number of carbonyl (C=O) groups is 1. The smallest absolute Gasteiger partial charge is 0.338 e. The summed E-state index contributed by atoms with van der Waals surface area (Å²) in [5, 5.41) is 0.230. The highest BCUT2D eigenvalue weighted by Crippen LogP contribution is 2.10. The molecule has 0 amide bonds. The van der Waals surface area contributed by atoms with Gasteiger partial charge in [-0.2, -0.15) is 0 Å². The molecule has 88 valence electrons. The standard InChI is InChI=1S/C10H7BrN2O4/c11-4-17-9(15)5-1-2-7-6(3-5)8(14)13-10(16)12-7/h1-3H,4H2,(H2,12,13,14,16). The first-order valence-corrected chi connectivity index (χ1v) is 5.73. The number of carbonyl (C=O) groups excluding carboxylic acids is 1. The molecule has 0 saturated heterocycles. The molecule has 0 aliphatic heterocycles. The minimum Gasteiger partial charge on any atom is -0.450 e. The van der Waals surface area contributed by atoms with Crippen LogP contribution >= 0.6 is 15.9 Å². The molecule has 0 radical (unpaired) electrons. The van der Waals surface area contributed by atoms with Gasteiger partial charge < -0.3 is 9.72 Å². The SMILES string of the molecule is O=C(OCBr)c1ccc2[nH]c(=O)[nH]c(=O)c2c1. The number of halogens is 1. The van der Waals surface area contributed by atoms with Crippen molar-refractivity contribution in [2.24, 2.45) is 0 Å². The minimum absolute atomic E-state index is 0.0752. The van der Waals surface area contributed by atoms with Crippen molar-refractivity contribution in [1.29, 1.82) is 0 Å². The molecule has 2 rings (SSSR count). The zero-order chi connectivity index (χ0) is 12.4. The van der Waals surface area contributed by atoms with Gasteiger partial charge in [0.25, 0.3) is 5.56 Å². The van der Waals surface area contributed by atoms with E-state index < -0.39 is 17.2 Å². The van der Waals surface area contributed by atoms with Gasteiger partial charge in [0.1, 0.15) is 5.52 Å². The van der Waals surface area contributed by atoms with Crippen molar-refractivity contribution in [2.45, 2.75) is 0 Å². The lowest BCUT2D eigenvalue weighted by atomic mass is 10.1. The molecule has 0 spiro atoms. The predicted octanol–water partition coefficient (Wildman–Crippen LogP) is 0.726. The monoisotopic (exact) mass is 298 g/mol. The molecule has 0 aliphatic carbocycles. The number of aromatic nitrogens is 2. The van der Waals surface area contributed by atoms with Gasteiger partial charge in [-0.1, -0.05) is 0 Å². The Morgan fingerprint density at radius 2 is 2.06 bits per heavy atom. The third kappa shape index (κ3) is 2.28. The molecule has 1 aromatic heterocycles. The summed E-state index contributed by atoms with van der Waals surface area (Å²) in [6, 6.07) is 4.33. The van der Waals surface area contributed by atoms with Crippen molar-refractivity contribution < 1.29 is 9.53 Å². The lowest BCUT2D eigenvalue weighted by Crippen LogP contribution is -2.22. The first-order valence-electron chi connectivity index (χ1n) is 4.61. The van der Waals surface area contributed by atoms with Gasteiger partial charge in [0.2, 0.25) is 0 Å². The number of H-pyrrole nitrogens is 2. The molecule has 0 saturated carbocycles. The van der Waals surface area contributed by atoms with Crippen LogP contribution in [0.3, 0.4) is 0 Å². The van der Waals surface area contributed by atoms with Crippen LogP contribution in [0.4, 0.5) is 0 Å². The summed E-state index contributed by atoms with van der Waals surface area (Å²) in [6.07, 6.45) is 0. The minimum atomic E-state index is -0.585. The second kappa shape index (κ2) is 4.54. The maximum Gasteiger partial charge on any atom is 0.338 e. The van der Waals surface area contributed by atoms with Crippen molar-refractivity contribution in [3.8, 4) is 0 Å². The summed E-state index contributed by atoms with van der Waals surface area (Å²) in [6.45, 7) is 0. The van der Waals surface area contributed by atoms with Gasteiger partial charge in [0.15, 0.2) is 0 Å². The van der Waals surface area contributed by atoms with E-state index in [0.717, 1.165) is 0 Å². The van der Waals surface area contributed by atoms with Crippen LogP contribution in [0.5, 0.6) is 0 Å². The van der Waals surface area contributed by atoms with Crippen LogP contribution in [-0.2, 0) is 4.74 Å². The van der Waals surface area contributed by atoms with Gasteiger partial charge in [-0.25, -0.2) is 9.59 Å². The van der Waals surface area contributed by atoms with Crippen molar-refractivity contribution in [3.63, 3.8) is 0 Å². The molecule has 2 aromatic rings. The summed E-state index contributed by atoms with van der Waals surface area (Å²) in [5.74, 6) is -0.547. The molecule has 1 aromatic carbocycles. The topological polar surface area (TPSA) is 92.0 Å². The number of nitrogens with one attached hydrogen (secondary N) is 2. The van der Waals surface area contributed by atoms with E-state index in [-0.39, 0.29) is 16.5 Å². The van der Waals surface area contributed by atoms with E-state index in [2.05, 4.69) is 25.9 Å². The largest absolute Gasteiger partial charge is 0.450 e. The van der Waals surface area contributed by atoms with E-state index in [1.54, 1.807) is 0 Å². The summed E-state index contributed by atoms with van der Waals surface area (Å²) in [5.41, 5.74) is -0.439. The average Bonchev–Trinajstić information content (AvgIpc) is 2.28. The Morgan fingerprint density at radius 3 is 2.76 bits per heavy atom. The molecule has 1 heterocycles. The van der Waals surface area contributed by atoms with E-state index in [1.165, 1.54) is 18.2 Å². The molecular weight excluding hydrogens is 292 g/mol. The number of fused-ring (bicyclic) bond motifs is 1. The maximum atomic E-state index is 11.5. The fraction of sp³-hybridized carbons (Fsp3) is 0.100. The van der Waals surface area contributed by atoms with E-state index in [1.807, 2.05) is 0 Å². The van der Waals surface area contributed by atoms with Gasteiger partial charge in [0.05, 0.1) is 16.5 Å². The van der Waals surface area contributed by atoms with E-state index in [4.69, 9.17) is 4.74 Å². The zero-order valence-electron chi connectivity index (χ0n) is 8.45. The molecule has 17 heavy (non-hydrogen) atoms. The molecule has 0 bridgehead atoms. The van der Waals surface area contributed by atoms with Crippen LogP contribution in [0.1, 0.15) is 10.4 Å². The van der Waals surface area contributed by atoms with Gasteiger partial charge in [-0.15, -0.1) is 0 Å². The molecule has 0 atom stereocenters. The Morgan fingerprint density at radius 1 is 1.29 bits per heavy atom. The number of aromatic amines is 2. The van der Waals surface area contributed by atoms with Crippen LogP contribution in [0.15, 0.2) is 27.8 Å². The van der Waals surface area contributed by atoms with E-state index in [0.29, 0.717) is 5.52 Å². The van der Waals surface area contributed by atoms with Gasteiger partial charge in [-0.3, -0.25) is 9.78 Å². The molecule has 0 unspecified atom stereocenters. The number of benzene rings is 1. The number of ether oxygens (including phenoxy) is 1. The maximum absolute atomic E-state index is 11.5. The van der Waals surface area contributed by atoms with Crippen LogP contribution < -0.4 is 11.2 Å². The lowest BCUT2D eigenvalue weighted by molar-refractivity contribution is 0.0584. The van der Waals surface area contributed by atoms with Gasteiger partial charge >= 0.3 is 11.7 Å². The van der Waals surface area contributed by atoms with Crippen molar-refractivity contribution >= 4 is 32.8 Å². The van der Waals surface area contributed by atoms with E-state index in [9.17, 15) is 14.4 Å². The summed E-state index contributed by atoms with van der Waals surface area (Å²) < 4.78 is 4.73. The highest BCUT2D eigenvalue weighted by atomic mass is 79.9. The summed E-state index contributed by atoms with van der Waals surface area (Å²) in [4.78, 5) is 38.5. The van der Waals surface area contributed by atoms with Gasteiger partial charge in [-0.05, 0) is 34.1 Å². The van der Waals surface area contributed by atoms with Crippen molar-refractivity contribution in [1.82, 2.24) is 9.97 Å². The number of esters is 1. The number of hydrogen-bond acceptors (Lipinski definition) is 4. The Bertz CT molecular complexity index is 689. The van der Waals surface area contributed by atoms with Crippen LogP contribution in [-0.4, -0.2) is 21.5 Å². The second-order valence-corrected chi connectivity index (χ2v) is 3.67. The highest BCUT2D eigenvalue weighted by molar-refractivity contribution is 9.09. The first kappa shape index (κ1) is 11.6. The van der Waals surface area contributed by atoms with Crippen LogP contribution in [0.25, 0.3) is 10.9 Å². The van der Waals surface area contributed by atoms with Crippen molar-refractivity contribution in [3.05, 3.63) is 44.6 Å².